The molecule has 1 N–H and O–H groups in total. The van der Waals surface area contributed by atoms with Crippen molar-refractivity contribution in [2.45, 2.75) is 19.3 Å². The van der Waals surface area contributed by atoms with Crippen LogP contribution in [0.2, 0.25) is 0 Å². The third-order valence-corrected chi connectivity index (χ3v) is 4.00. The SMILES string of the molecule is C=CC1=C(/C=C\NC)/C(=C/c2ccc(N(C)C)cc2)CCC1. The molecule has 0 saturated carbocycles. The van der Waals surface area contributed by atoms with Gasteiger partial charge in [0.15, 0.2) is 0 Å². The van der Waals surface area contributed by atoms with E-state index in [0.29, 0.717) is 0 Å². The summed E-state index contributed by atoms with van der Waals surface area (Å²) in [4.78, 5) is 2.12. The van der Waals surface area contributed by atoms with Gasteiger partial charge in [-0.1, -0.05) is 30.9 Å². The second-order valence-electron chi connectivity index (χ2n) is 5.77. The van der Waals surface area contributed by atoms with Crippen LogP contribution in [0.3, 0.4) is 0 Å². The number of hydrogen-bond donors (Lipinski definition) is 1. The van der Waals surface area contributed by atoms with E-state index in [2.05, 4.69) is 67.3 Å². The van der Waals surface area contributed by atoms with E-state index in [0.717, 1.165) is 12.8 Å². The fourth-order valence-electron chi connectivity index (χ4n) is 2.76. The van der Waals surface area contributed by atoms with Crippen LogP contribution in [-0.4, -0.2) is 21.1 Å². The second kappa shape index (κ2) is 7.69. The van der Waals surface area contributed by atoms with Crippen LogP contribution in [0.1, 0.15) is 24.8 Å². The summed E-state index contributed by atoms with van der Waals surface area (Å²) in [6, 6.07) is 8.70. The summed E-state index contributed by atoms with van der Waals surface area (Å²) in [6.07, 6.45) is 11.9. The van der Waals surface area contributed by atoms with Crippen molar-refractivity contribution in [1.82, 2.24) is 5.32 Å². The molecule has 1 aromatic carbocycles. The molecule has 2 rings (SSSR count). The van der Waals surface area contributed by atoms with Gasteiger partial charge in [-0.3, -0.25) is 0 Å². The molecule has 22 heavy (non-hydrogen) atoms. The molecule has 1 aliphatic rings. The highest BCUT2D eigenvalue weighted by Crippen LogP contribution is 2.32. The minimum Gasteiger partial charge on any atom is -0.394 e. The first-order valence-corrected chi connectivity index (χ1v) is 7.83. The molecular weight excluding hydrogens is 268 g/mol. The van der Waals surface area contributed by atoms with Crippen molar-refractivity contribution < 1.29 is 0 Å². The van der Waals surface area contributed by atoms with Gasteiger partial charge in [0, 0.05) is 26.8 Å². The number of anilines is 1. The zero-order valence-corrected chi connectivity index (χ0v) is 13.9. The molecule has 0 atom stereocenters. The molecule has 2 nitrogen and oxygen atoms in total. The molecular formula is C20H26N2. The summed E-state index contributed by atoms with van der Waals surface area (Å²) < 4.78 is 0. The zero-order valence-electron chi connectivity index (χ0n) is 13.9. The average molecular weight is 294 g/mol. The number of allylic oxidation sites excluding steroid dienone is 5. The maximum absolute atomic E-state index is 3.97. The first-order valence-electron chi connectivity index (χ1n) is 7.83. The van der Waals surface area contributed by atoms with Crippen molar-refractivity contribution in [3.8, 4) is 0 Å². The number of nitrogens with one attached hydrogen (secondary N) is 1. The van der Waals surface area contributed by atoms with Crippen LogP contribution in [0.5, 0.6) is 0 Å². The van der Waals surface area contributed by atoms with Gasteiger partial charge in [0.05, 0.1) is 0 Å². The van der Waals surface area contributed by atoms with E-state index < -0.39 is 0 Å². The lowest BCUT2D eigenvalue weighted by atomic mass is 9.86. The van der Waals surface area contributed by atoms with Gasteiger partial charge in [0.25, 0.3) is 0 Å². The Kier molecular flexibility index (Phi) is 5.65. The molecule has 0 saturated heterocycles. The Morgan fingerprint density at radius 1 is 1.14 bits per heavy atom. The van der Waals surface area contributed by atoms with Crippen LogP contribution in [-0.2, 0) is 0 Å². The molecule has 0 heterocycles. The molecule has 0 amide bonds. The van der Waals surface area contributed by atoms with Gasteiger partial charge in [0.1, 0.15) is 0 Å². The van der Waals surface area contributed by atoms with Crippen LogP contribution in [0, 0.1) is 0 Å². The van der Waals surface area contributed by atoms with Crippen LogP contribution in [0.4, 0.5) is 5.69 Å². The molecule has 0 spiro atoms. The van der Waals surface area contributed by atoms with Crippen molar-refractivity contribution in [1.29, 1.82) is 0 Å². The lowest BCUT2D eigenvalue weighted by Crippen LogP contribution is -2.08. The summed E-state index contributed by atoms with van der Waals surface area (Å²) >= 11 is 0. The maximum atomic E-state index is 3.97. The van der Waals surface area contributed by atoms with E-state index >= 15 is 0 Å². The molecule has 0 radical (unpaired) electrons. The summed E-state index contributed by atoms with van der Waals surface area (Å²) in [6.45, 7) is 3.97. The number of benzene rings is 1. The van der Waals surface area contributed by atoms with Gasteiger partial charge in [0.2, 0.25) is 0 Å². The Morgan fingerprint density at radius 3 is 2.45 bits per heavy atom. The summed E-state index contributed by atoms with van der Waals surface area (Å²) in [7, 11) is 6.06. The highest BCUT2D eigenvalue weighted by molar-refractivity contribution is 5.65. The van der Waals surface area contributed by atoms with Crippen molar-refractivity contribution >= 4 is 11.8 Å². The summed E-state index contributed by atoms with van der Waals surface area (Å²) in [5.74, 6) is 0. The van der Waals surface area contributed by atoms with Crippen LogP contribution in [0.25, 0.3) is 6.08 Å². The lowest BCUT2D eigenvalue weighted by molar-refractivity contribution is 0.788. The normalized spacial score (nSPS) is 17.1. The zero-order chi connectivity index (χ0) is 15.9. The van der Waals surface area contributed by atoms with Gasteiger partial charge < -0.3 is 10.2 Å². The van der Waals surface area contributed by atoms with Gasteiger partial charge in [-0.2, -0.15) is 0 Å². The standard InChI is InChI=1S/C20H26N2/c1-5-17-7-6-8-18(20(17)13-14-21-2)15-16-9-11-19(12-10-16)22(3)4/h5,9-15,21H,1,6-8H2,2-4H3/b14-13-,18-15+. The number of nitrogens with zero attached hydrogens (tertiary/aromatic N) is 1. The van der Waals surface area contributed by atoms with Crippen molar-refractivity contribution in [3.63, 3.8) is 0 Å². The summed E-state index contributed by atoms with van der Waals surface area (Å²) in [5, 5.41) is 3.08. The predicted molar refractivity (Wildman–Crippen MR) is 98.0 cm³/mol. The number of hydrogen-bond acceptors (Lipinski definition) is 2. The minimum atomic E-state index is 1.11. The van der Waals surface area contributed by atoms with Gasteiger partial charge >= 0.3 is 0 Å². The van der Waals surface area contributed by atoms with Gasteiger partial charge in [-0.25, -0.2) is 0 Å². The Bertz CT molecular complexity index is 601. The third-order valence-electron chi connectivity index (χ3n) is 4.00. The molecule has 0 fully saturated rings. The Labute approximate surface area is 134 Å². The smallest absolute Gasteiger partial charge is 0.0361 e. The highest BCUT2D eigenvalue weighted by Gasteiger charge is 2.13. The van der Waals surface area contributed by atoms with Crippen LogP contribution >= 0.6 is 0 Å². The Hall–Kier alpha value is -2.22. The van der Waals surface area contributed by atoms with E-state index in [-0.39, 0.29) is 0 Å². The molecule has 0 unspecified atom stereocenters. The highest BCUT2D eigenvalue weighted by atomic mass is 15.1. The van der Waals surface area contributed by atoms with Crippen molar-refractivity contribution in [2.24, 2.45) is 0 Å². The third kappa shape index (κ3) is 3.91. The number of rotatable bonds is 5. The monoisotopic (exact) mass is 294 g/mol. The van der Waals surface area contributed by atoms with Crippen LogP contribution in [0.15, 0.2) is 65.9 Å². The molecule has 0 bridgehead atoms. The molecule has 2 heteroatoms. The van der Waals surface area contributed by atoms with Gasteiger partial charge in [-0.05, 0) is 66.0 Å². The van der Waals surface area contributed by atoms with Crippen LogP contribution < -0.4 is 10.2 Å². The molecule has 1 aromatic rings. The van der Waals surface area contributed by atoms with E-state index in [1.54, 1.807) is 0 Å². The van der Waals surface area contributed by atoms with Gasteiger partial charge in [-0.15, -0.1) is 0 Å². The lowest BCUT2D eigenvalue weighted by Gasteiger charge is -2.19. The van der Waals surface area contributed by atoms with E-state index in [1.807, 2.05) is 19.3 Å². The largest absolute Gasteiger partial charge is 0.394 e. The summed E-state index contributed by atoms with van der Waals surface area (Å²) in [5.41, 5.74) is 6.52. The van der Waals surface area contributed by atoms with E-state index in [1.165, 1.54) is 34.4 Å². The quantitative estimate of drug-likeness (QED) is 0.858. The molecule has 0 aliphatic heterocycles. The average Bonchev–Trinajstić information content (AvgIpc) is 2.54. The van der Waals surface area contributed by atoms with E-state index in [4.69, 9.17) is 0 Å². The molecule has 116 valence electrons. The maximum Gasteiger partial charge on any atom is 0.0361 e. The predicted octanol–water partition coefficient (Wildman–Crippen LogP) is 4.54. The fourth-order valence-corrected chi connectivity index (χ4v) is 2.76. The van der Waals surface area contributed by atoms with E-state index in [9.17, 15) is 0 Å². The fraction of sp³-hybridized carbons (Fsp3) is 0.300. The Morgan fingerprint density at radius 2 is 1.86 bits per heavy atom. The van der Waals surface area contributed by atoms with Crippen molar-refractivity contribution in [2.75, 3.05) is 26.0 Å². The minimum absolute atomic E-state index is 1.11. The second-order valence-corrected chi connectivity index (χ2v) is 5.77. The van der Waals surface area contributed by atoms with Crippen molar-refractivity contribution in [3.05, 3.63) is 71.5 Å². The molecule has 0 aromatic heterocycles. The molecule has 1 aliphatic carbocycles. The Balaban J connectivity index is 2.35. The topological polar surface area (TPSA) is 15.3 Å². The first kappa shape index (κ1) is 16.2. The first-order chi connectivity index (χ1) is 10.7.